The van der Waals surface area contributed by atoms with Crippen molar-refractivity contribution in [3.8, 4) is 0 Å². The topological polar surface area (TPSA) is 49.6 Å². The monoisotopic (exact) mass is 223 g/mol. The standard InChI is InChI=1S/C10H13N3OS/c1-3-5-8(4-2)12-6-7-13(9(11)15)10(12)14/h3-5H,1-2,6-7H2,(H2,11,15)/b8-5+. The van der Waals surface area contributed by atoms with Gasteiger partial charge in [0, 0.05) is 18.8 Å². The van der Waals surface area contributed by atoms with E-state index >= 15 is 0 Å². The van der Waals surface area contributed by atoms with Crippen LogP contribution in [0.4, 0.5) is 4.79 Å². The second kappa shape index (κ2) is 4.75. The molecule has 1 aliphatic heterocycles. The fourth-order valence-electron chi connectivity index (χ4n) is 1.37. The summed E-state index contributed by atoms with van der Waals surface area (Å²) in [7, 11) is 0. The lowest BCUT2D eigenvalue weighted by Gasteiger charge is -2.17. The van der Waals surface area contributed by atoms with Gasteiger partial charge in [-0.15, -0.1) is 0 Å². The highest BCUT2D eigenvalue weighted by atomic mass is 32.1. The van der Waals surface area contributed by atoms with Crippen LogP contribution in [0.15, 0.2) is 37.1 Å². The molecule has 2 N–H and O–H groups in total. The van der Waals surface area contributed by atoms with Crippen molar-refractivity contribution in [2.24, 2.45) is 5.73 Å². The molecule has 15 heavy (non-hydrogen) atoms. The molecule has 1 fully saturated rings. The Labute approximate surface area is 94.3 Å². The third-order valence-corrected chi connectivity index (χ3v) is 2.30. The van der Waals surface area contributed by atoms with Crippen molar-refractivity contribution in [2.75, 3.05) is 13.1 Å². The summed E-state index contributed by atoms with van der Waals surface area (Å²) >= 11 is 4.76. The summed E-state index contributed by atoms with van der Waals surface area (Å²) in [6, 6.07) is -0.212. The first-order valence-corrected chi connectivity index (χ1v) is 4.86. The number of hydrogen-bond donors (Lipinski definition) is 1. The molecule has 0 radical (unpaired) electrons. The van der Waals surface area contributed by atoms with Gasteiger partial charge >= 0.3 is 6.03 Å². The van der Waals surface area contributed by atoms with Crippen LogP contribution in [-0.4, -0.2) is 34.0 Å². The van der Waals surface area contributed by atoms with Crippen LogP contribution in [0.3, 0.4) is 0 Å². The Balaban J connectivity index is 2.87. The van der Waals surface area contributed by atoms with Crippen LogP contribution < -0.4 is 5.73 Å². The minimum atomic E-state index is -0.212. The first-order chi connectivity index (χ1) is 7.11. The van der Waals surface area contributed by atoms with Gasteiger partial charge in [-0.1, -0.05) is 19.2 Å². The average molecular weight is 223 g/mol. The predicted octanol–water partition coefficient (Wildman–Crippen LogP) is 1.22. The quantitative estimate of drug-likeness (QED) is 0.578. The van der Waals surface area contributed by atoms with E-state index in [4.69, 9.17) is 18.0 Å². The maximum absolute atomic E-state index is 11.8. The third-order valence-electron chi connectivity index (χ3n) is 2.08. The van der Waals surface area contributed by atoms with Crippen molar-refractivity contribution < 1.29 is 4.79 Å². The number of rotatable bonds is 3. The van der Waals surface area contributed by atoms with E-state index in [0.717, 1.165) is 0 Å². The molecule has 1 rings (SSSR count). The Morgan fingerprint density at radius 3 is 2.40 bits per heavy atom. The number of nitrogens with zero attached hydrogens (tertiary/aromatic N) is 2. The van der Waals surface area contributed by atoms with Crippen LogP contribution in [0.2, 0.25) is 0 Å². The summed E-state index contributed by atoms with van der Waals surface area (Å²) in [5.74, 6) is 0. The molecular weight excluding hydrogens is 210 g/mol. The predicted molar refractivity (Wildman–Crippen MR) is 64.1 cm³/mol. The Morgan fingerprint density at radius 2 is 2.00 bits per heavy atom. The van der Waals surface area contributed by atoms with E-state index in [0.29, 0.717) is 18.8 Å². The van der Waals surface area contributed by atoms with Crippen molar-refractivity contribution in [3.05, 3.63) is 37.1 Å². The maximum Gasteiger partial charge on any atom is 0.330 e. The molecule has 0 spiro atoms. The van der Waals surface area contributed by atoms with Gasteiger partial charge in [-0.05, 0) is 24.4 Å². The lowest BCUT2D eigenvalue weighted by Crippen LogP contribution is -2.38. The molecule has 4 nitrogen and oxygen atoms in total. The fourth-order valence-corrected chi connectivity index (χ4v) is 1.54. The van der Waals surface area contributed by atoms with E-state index in [1.54, 1.807) is 23.1 Å². The molecule has 0 aromatic carbocycles. The summed E-state index contributed by atoms with van der Waals surface area (Å²) < 4.78 is 0. The average Bonchev–Trinajstić information content (AvgIpc) is 2.57. The zero-order valence-electron chi connectivity index (χ0n) is 8.35. The Morgan fingerprint density at radius 1 is 1.40 bits per heavy atom. The highest BCUT2D eigenvalue weighted by Crippen LogP contribution is 2.15. The number of thiocarbonyl (C=S) groups is 1. The first kappa shape index (κ1) is 11.5. The molecule has 5 heteroatoms. The number of nitrogens with two attached hydrogens (primary N) is 1. The van der Waals surface area contributed by atoms with E-state index < -0.39 is 0 Å². The molecule has 0 aromatic rings. The van der Waals surface area contributed by atoms with Gasteiger partial charge in [0.2, 0.25) is 0 Å². The van der Waals surface area contributed by atoms with Crippen molar-refractivity contribution >= 4 is 23.4 Å². The van der Waals surface area contributed by atoms with E-state index in [9.17, 15) is 4.79 Å². The number of urea groups is 1. The molecule has 0 aliphatic carbocycles. The number of carbonyl (C=O) groups excluding carboxylic acids is 1. The molecule has 1 saturated heterocycles. The Kier molecular flexibility index (Phi) is 3.62. The van der Waals surface area contributed by atoms with Crippen molar-refractivity contribution in [3.63, 3.8) is 0 Å². The van der Waals surface area contributed by atoms with Crippen molar-refractivity contribution in [1.82, 2.24) is 9.80 Å². The summed E-state index contributed by atoms with van der Waals surface area (Å²) in [6.45, 7) is 8.28. The fraction of sp³-hybridized carbons (Fsp3) is 0.200. The molecule has 0 bridgehead atoms. The smallest absolute Gasteiger partial charge is 0.330 e. The maximum atomic E-state index is 11.8. The van der Waals surface area contributed by atoms with Gasteiger partial charge in [0.25, 0.3) is 0 Å². The van der Waals surface area contributed by atoms with E-state index in [-0.39, 0.29) is 11.1 Å². The van der Waals surface area contributed by atoms with E-state index in [1.807, 2.05) is 0 Å². The van der Waals surface area contributed by atoms with Crippen LogP contribution in [0, 0.1) is 0 Å². The number of amides is 2. The van der Waals surface area contributed by atoms with E-state index in [2.05, 4.69) is 13.2 Å². The third kappa shape index (κ3) is 2.24. The summed E-state index contributed by atoms with van der Waals surface area (Å²) in [5.41, 5.74) is 6.11. The van der Waals surface area contributed by atoms with E-state index in [1.165, 1.54) is 4.90 Å². The molecule has 2 amide bonds. The SMILES string of the molecule is C=C/C=C(\C=C)N1CCN(C(N)=S)C1=O. The largest absolute Gasteiger partial charge is 0.376 e. The molecule has 0 aromatic heterocycles. The highest BCUT2D eigenvalue weighted by Gasteiger charge is 2.31. The number of allylic oxidation sites excluding steroid dienone is 3. The molecule has 80 valence electrons. The summed E-state index contributed by atoms with van der Waals surface area (Å²) in [5, 5.41) is 0.101. The van der Waals surface area contributed by atoms with Crippen LogP contribution in [0.1, 0.15) is 0 Å². The van der Waals surface area contributed by atoms with Gasteiger partial charge in [0.05, 0.1) is 0 Å². The molecule has 1 heterocycles. The van der Waals surface area contributed by atoms with Gasteiger partial charge in [-0.25, -0.2) is 4.79 Å². The second-order valence-electron chi connectivity index (χ2n) is 2.96. The zero-order valence-corrected chi connectivity index (χ0v) is 9.17. The molecule has 0 atom stereocenters. The molecule has 1 aliphatic rings. The van der Waals surface area contributed by atoms with Crippen LogP contribution in [0.5, 0.6) is 0 Å². The van der Waals surface area contributed by atoms with Gasteiger partial charge in [0.15, 0.2) is 5.11 Å². The van der Waals surface area contributed by atoms with Crippen LogP contribution >= 0.6 is 12.2 Å². The molecule has 0 saturated carbocycles. The Hall–Kier alpha value is -1.62. The second-order valence-corrected chi connectivity index (χ2v) is 3.37. The zero-order chi connectivity index (χ0) is 11.4. The van der Waals surface area contributed by atoms with Crippen molar-refractivity contribution in [2.45, 2.75) is 0 Å². The number of carbonyl (C=O) groups is 1. The summed E-state index contributed by atoms with van der Waals surface area (Å²) in [6.07, 6.45) is 4.92. The lowest BCUT2D eigenvalue weighted by molar-refractivity contribution is 0.215. The number of hydrogen-bond acceptors (Lipinski definition) is 2. The molecule has 0 unspecified atom stereocenters. The first-order valence-electron chi connectivity index (χ1n) is 4.45. The Bertz CT molecular complexity index is 349. The highest BCUT2D eigenvalue weighted by molar-refractivity contribution is 7.80. The van der Waals surface area contributed by atoms with Crippen molar-refractivity contribution in [1.29, 1.82) is 0 Å². The minimum absolute atomic E-state index is 0.101. The lowest BCUT2D eigenvalue weighted by atomic mass is 10.3. The normalized spacial score (nSPS) is 16.8. The summed E-state index contributed by atoms with van der Waals surface area (Å²) in [4.78, 5) is 14.7. The van der Waals surface area contributed by atoms with Gasteiger partial charge in [-0.2, -0.15) is 0 Å². The van der Waals surface area contributed by atoms with Gasteiger partial charge in [-0.3, -0.25) is 9.80 Å². The molecular formula is C10H13N3OS. The van der Waals surface area contributed by atoms with Crippen LogP contribution in [0.25, 0.3) is 0 Å². The van der Waals surface area contributed by atoms with Crippen LogP contribution in [-0.2, 0) is 0 Å². The minimum Gasteiger partial charge on any atom is -0.376 e. The van der Waals surface area contributed by atoms with Gasteiger partial charge < -0.3 is 5.73 Å². The van der Waals surface area contributed by atoms with Gasteiger partial charge in [0.1, 0.15) is 0 Å².